The van der Waals surface area contributed by atoms with Gasteiger partial charge in [-0.05, 0) is 192 Å². The molecule has 1 unspecified atom stereocenters. The van der Waals surface area contributed by atoms with Gasteiger partial charge in [0.2, 0.25) is 11.8 Å². The zero-order chi connectivity index (χ0) is 62.7. The summed E-state index contributed by atoms with van der Waals surface area (Å²) in [4.78, 5) is 56.7. The standard InChI is InChI=1S/C17H25N.C14H19F3N2OS.C14H26N2O.C14H22N2.C11H18N2O/c1-13(2)15-10-16-8-9-17(11-15)18(16)12-14-6-4-3-5-7-14;1-13(2,3)9-4-6-19(7-5-9)11(20)10-8-21-12(18-10)14(15,16)17;1-11(2)12-6-9-16(10-7-12)14(17)13-5-4-8-15(13)3;1-12(2)14-5-8-16(9-6-14)11-13-4-3-7-15-10-13;1-9(2)10-4-3-7-13(8-10)11(14)5-6-12/h3-7,13,15-17H,8-12H2,1-2H3;8-9H,4-7H2,1-3H3;11-13H,4-10H2,1-3H3;3-4,7,10,12,14H,5-6,8-9,11H2,1-2H3;9-10H,3-5,7-8H2,1-2H3/t15?,16-,17+;;13-;;10-/m..0.1/s1. The van der Waals surface area contributed by atoms with E-state index >= 15 is 0 Å². The number of nitriles is 1. The molecule has 10 rings (SSSR count). The van der Waals surface area contributed by atoms with Crippen molar-refractivity contribution in [3.05, 3.63) is 82.1 Å². The van der Waals surface area contributed by atoms with Gasteiger partial charge in [0, 0.05) is 82.2 Å². The number of likely N-dealkylation sites (tertiary alicyclic amines) is 5. The number of rotatable bonds is 11. The Kier molecular flexibility index (Phi) is 27.9. The number of hydrogen-bond acceptors (Lipinski definition) is 10. The predicted molar refractivity (Wildman–Crippen MR) is 343 cm³/mol. The van der Waals surface area contributed by atoms with Gasteiger partial charge in [0.25, 0.3) is 5.91 Å². The normalized spacial score (nSPS) is 23.8. The van der Waals surface area contributed by atoms with Crippen molar-refractivity contribution in [2.45, 2.75) is 210 Å². The lowest BCUT2D eigenvalue weighted by atomic mass is 9.75. The van der Waals surface area contributed by atoms with E-state index in [1.165, 1.54) is 100 Å². The minimum Gasteiger partial charge on any atom is -0.342 e. The molecule has 12 nitrogen and oxygen atoms in total. The molecule has 7 fully saturated rings. The Labute approximate surface area is 521 Å². The van der Waals surface area contributed by atoms with E-state index in [1.807, 2.05) is 29.4 Å². The van der Waals surface area contributed by atoms with Crippen LogP contribution in [0.3, 0.4) is 0 Å². The van der Waals surface area contributed by atoms with Crippen molar-refractivity contribution in [2.24, 2.45) is 58.7 Å². The molecule has 3 amide bonds. The van der Waals surface area contributed by atoms with Gasteiger partial charge in [0.1, 0.15) is 12.1 Å². The molecule has 86 heavy (non-hydrogen) atoms. The van der Waals surface area contributed by atoms with E-state index in [0.717, 1.165) is 113 Å². The fourth-order valence-electron chi connectivity index (χ4n) is 14.2. The topological polar surface area (TPSA) is 120 Å². The molecule has 3 aromatic rings. The monoisotopic (exact) mass is 1210 g/mol. The van der Waals surface area contributed by atoms with Crippen molar-refractivity contribution in [3.63, 3.8) is 0 Å². The first-order valence-electron chi connectivity index (χ1n) is 33.2. The van der Waals surface area contributed by atoms with Gasteiger partial charge < -0.3 is 14.7 Å². The Hall–Kier alpha value is -4.43. The third-order valence-electron chi connectivity index (χ3n) is 20.3. The van der Waals surface area contributed by atoms with E-state index in [4.69, 9.17) is 5.26 Å². The van der Waals surface area contributed by atoms with Crippen LogP contribution in [0.4, 0.5) is 13.2 Å². The summed E-state index contributed by atoms with van der Waals surface area (Å²) in [7, 11) is 2.08. The highest BCUT2D eigenvalue weighted by Crippen LogP contribution is 2.42. The number of fused-ring (bicyclic) bond motifs is 2. The lowest BCUT2D eigenvalue weighted by Gasteiger charge is -2.40. The highest BCUT2D eigenvalue weighted by atomic mass is 32.1. The van der Waals surface area contributed by atoms with Gasteiger partial charge in [-0.25, -0.2) is 4.98 Å². The lowest BCUT2D eigenvalue weighted by molar-refractivity contribution is -0.138. The van der Waals surface area contributed by atoms with Crippen LogP contribution in [0.5, 0.6) is 0 Å². The molecule has 0 N–H and O–H groups in total. The maximum absolute atomic E-state index is 12.5. The number of nitrogens with zero attached hydrogens (tertiary/aromatic N) is 9. The van der Waals surface area contributed by atoms with Crippen molar-refractivity contribution >= 4 is 29.1 Å². The number of aromatic nitrogens is 2. The SMILES string of the molecule is CC(C)(C)C1CCN(C(=O)c2csc(C(F)(F)F)n2)CC1.CC(C)C1CCN(C(=O)[C@@H]2CCCN2C)CC1.CC(C)C1CCN(Cc2cccnc2)CC1.CC(C)C1C[C@H]2CC[C@@H](C1)N2Cc1ccccc1.CC(C)[C@@H]1CCCN(C(=O)CC#N)C1. The van der Waals surface area contributed by atoms with E-state index in [-0.39, 0.29) is 29.5 Å². The number of piperidine rings is 5. The van der Waals surface area contributed by atoms with Gasteiger partial charge in [-0.3, -0.25) is 34.1 Å². The van der Waals surface area contributed by atoms with Crippen molar-refractivity contribution < 1.29 is 27.6 Å². The highest BCUT2D eigenvalue weighted by molar-refractivity contribution is 7.10. The Morgan fingerprint density at radius 2 is 1.20 bits per heavy atom. The first-order chi connectivity index (χ1) is 40.8. The number of thiazole rings is 1. The van der Waals surface area contributed by atoms with Gasteiger partial charge in [0.05, 0.1) is 12.1 Å². The molecule has 0 spiro atoms. The quantitative estimate of drug-likeness (QED) is 0.185. The Morgan fingerprint density at radius 1 is 0.640 bits per heavy atom. The van der Waals surface area contributed by atoms with Crippen molar-refractivity contribution in [1.29, 1.82) is 5.26 Å². The molecule has 7 aliphatic heterocycles. The van der Waals surface area contributed by atoms with Crippen LogP contribution in [-0.2, 0) is 28.9 Å². The molecular weight excluding hydrogens is 1100 g/mol. The van der Waals surface area contributed by atoms with E-state index in [2.05, 4.69) is 149 Å². The second kappa shape index (κ2) is 34.0. The minimum absolute atomic E-state index is 0.00199. The largest absolute Gasteiger partial charge is 0.443 e. The molecule has 16 heteroatoms. The summed E-state index contributed by atoms with van der Waals surface area (Å²) in [6.07, 6.45) is 16.5. The zero-order valence-corrected chi connectivity index (χ0v) is 55.7. The first kappa shape index (κ1) is 70.7. The molecule has 0 saturated carbocycles. The Bertz CT molecular complexity index is 2490. The van der Waals surface area contributed by atoms with E-state index in [0.29, 0.717) is 48.1 Å². The van der Waals surface area contributed by atoms with Crippen LogP contribution in [-0.4, -0.2) is 141 Å². The molecule has 7 aliphatic rings. The number of pyridine rings is 1. The Morgan fingerprint density at radius 3 is 1.70 bits per heavy atom. The smallest absolute Gasteiger partial charge is 0.342 e. The third kappa shape index (κ3) is 21.7. The average molecular weight is 1210 g/mol. The van der Waals surface area contributed by atoms with E-state index in [1.54, 1.807) is 4.90 Å². The first-order valence-corrected chi connectivity index (χ1v) is 34.1. The summed E-state index contributed by atoms with van der Waals surface area (Å²) in [5.41, 5.74) is 2.92. The molecular formula is C70H110F3N9O3S. The summed E-state index contributed by atoms with van der Waals surface area (Å²) in [6, 6.07) is 19.0. The van der Waals surface area contributed by atoms with Crippen molar-refractivity contribution in [1.82, 2.24) is 39.4 Å². The second-order valence-electron chi connectivity index (χ2n) is 28.6. The molecule has 2 aromatic heterocycles. The van der Waals surface area contributed by atoms with Crippen LogP contribution >= 0.6 is 11.3 Å². The molecule has 1 aromatic carbocycles. The summed E-state index contributed by atoms with van der Waals surface area (Å²) in [6.45, 7) is 35.6. The second-order valence-corrected chi connectivity index (χ2v) is 29.4. The number of amides is 3. The van der Waals surface area contributed by atoms with Gasteiger partial charge in [-0.15, -0.1) is 11.3 Å². The summed E-state index contributed by atoms with van der Waals surface area (Å²) >= 11 is 0.470. The van der Waals surface area contributed by atoms with E-state index < -0.39 is 17.1 Å². The number of alkyl halides is 3. The van der Waals surface area contributed by atoms with Crippen LogP contribution in [0.2, 0.25) is 0 Å². The number of likely N-dealkylation sites (N-methyl/N-ethyl adjacent to an activating group) is 1. The molecule has 0 radical (unpaired) electrons. The summed E-state index contributed by atoms with van der Waals surface area (Å²) < 4.78 is 37.5. The number of halogens is 3. The van der Waals surface area contributed by atoms with Crippen LogP contribution in [0.25, 0.3) is 0 Å². The fourth-order valence-corrected chi connectivity index (χ4v) is 14.9. The van der Waals surface area contributed by atoms with Crippen LogP contribution in [0.15, 0.2) is 60.2 Å². The molecule has 0 aliphatic carbocycles. The van der Waals surface area contributed by atoms with Gasteiger partial charge in [0.15, 0.2) is 5.01 Å². The highest BCUT2D eigenvalue weighted by Gasteiger charge is 2.42. The summed E-state index contributed by atoms with van der Waals surface area (Å²) in [5.74, 6) is 6.97. The van der Waals surface area contributed by atoms with Crippen LogP contribution < -0.4 is 0 Å². The van der Waals surface area contributed by atoms with Crippen molar-refractivity contribution in [2.75, 3.05) is 66.0 Å². The average Bonchev–Trinajstić information content (AvgIpc) is 2.32. The van der Waals surface area contributed by atoms with E-state index in [9.17, 15) is 27.6 Å². The fraction of sp³-hybridized carbons (Fsp3) is 0.743. The van der Waals surface area contributed by atoms with Gasteiger partial charge in [-0.2, -0.15) is 18.4 Å². The third-order valence-corrected chi connectivity index (χ3v) is 21.2. The lowest BCUT2D eigenvalue weighted by Crippen LogP contribution is -2.47. The molecule has 2 bridgehead atoms. The molecule has 5 atom stereocenters. The zero-order valence-electron chi connectivity index (χ0n) is 54.9. The minimum atomic E-state index is -4.48. The Balaban J connectivity index is 0.000000173. The molecule has 7 saturated heterocycles. The van der Waals surface area contributed by atoms with Gasteiger partial charge in [-0.1, -0.05) is 113 Å². The molecule has 480 valence electrons. The number of benzene rings is 1. The van der Waals surface area contributed by atoms with Crippen molar-refractivity contribution in [3.8, 4) is 6.07 Å². The molecule has 9 heterocycles. The number of carbonyl (C=O) groups is 3. The number of carbonyl (C=O) groups excluding carboxylic acids is 3. The van der Waals surface area contributed by atoms with Gasteiger partial charge >= 0.3 is 6.18 Å². The number of hydrogen-bond donors (Lipinski definition) is 0. The maximum Gasteiger partial charge on any atom is 0.443 e. The maximum atomic E-state index is 12.5. The van der Waals surface area contributed by atoms with Crippen LogP contribution in [0, 0.1) is 70.0 Å². The van der Waals surface area contributed by atoms with Crippen LogP contribution in [0.1, 0.15) is 199 Å². The summed E-state index contributed by atoms with van der Waals surface area (Å²) in [5, 5.41) is 8.68. The predicted octanol–water partition coefficient (Wildman–Crippen LogP) is 14.9.